The van der Waals surface area contributed by atoms with Crippen LogP contribution in [-0.2, 0) is 16.0 Å². The highest BCUT2D eigenvalue weighted by Gasteiger charge is 2.28. The van der Waals surface area contributed by atoms with E-state index in [4.69, 9.17) is 0 Å². The summed E-state index contributed by atoms with van der Waals surface area (Å²) in [6.07, 6.45) is 0.120. The normalized spacial score (nSPS) is 19.6. The predicted molar refractivity (Wildman–Crippen MR) is 64.3 cm³/mol. The van der Waals surface area contributed by atoms with Crippen molar-refractivity contribution in [2.75, 3.05) is 13.1 Å². The third kappa shape index (κ3) is 2.67. The molecule has 2 rings (SSSR count). The van der Waals surface area contributed by atoms with Gasteiger partial charge < -0.3 is 10.2 Å². The molecule has 1 atom stereocenters. The second-order valence-corrected chi connectivity index (χ2v) is 4.36. The number of nitrogens with zero attached hydrogens (tertiary/aromatic N) is 1. The Morgan fingerprint density at radius 1 is 1.56 bits per heavy atom. The molecule has 96 valence electrons. The van der Waals surface area contributed by atoms with Crippen LogP contribution in [0.25, 0.3) is 0 Å². The lowest BCUT2D eigenvalue weighted by molar-refractivity contribution is -0.142. The van der Waals surface area contributed by atoms with Crippen molar-refractivity contribution >= 4 is 11.8 Å². The Balaban J connectivity index is 2.05. The maximum Gasteiger partial charge on any atom is 0.242 e. The maximum absolute atomic E-state index is 13.0. The van der Waals surface area contributed by atoms with Gasteiger partial charge >= 0.3 is 0 Å². The molecule has 2 amide bonds. The third-order valence-corrected chi connectivity index (χ3v) is 3.06. The number of carbonyl (C=O) groups excluding carboxylic acids is 2. The van der Waals surface area contributed by atoms with Crippen molar-refractivity contribution in [3.63, 3.8) is 0 Å². The van der Waals surface area contributed by atoms with Crippen LogP contribution in [0.5, 0.6) is 0 Å². The zero-order chi connectivity index (χ0) is 13.1. The van der Waals surface area contributed by atoms with Gasteiger partial charge in [-0.1, -0.05) is 12.1 Å². The highest BCUT2D eigenvalue weighted by Crippen LogP contribution is 2.10. The lowest BCUT2D eigenvalue weighted by atomic mass is 10.1. The molecule has 1 aliphatic rings. The lowest BCUT2D eigenvalue weighted by Gasteiger charge is -2.32. The predicted octanol–water partition coefficient (Wildman–Crippen LogP) is 0.715. The van der Waals surface area contributed by atoms with Crippen LogP contribution in [0.2, 0.25) is 0 Å². The number of benzene rings is 1. The first-order chi connectivity index (χ1) is 8.58. The first-order valence-corrected chi connectivity index (χ1v) is 5.89. The van der Waals surface area contributed by atoms with E-state index in [1.807, 2.05) is 0 Å². The zero-order valence-corrected chi connectivity index (χ0v) is 10.1. The molecule has 0 bridgehead atoms. The largest absolute Gasteiger partial charge is 0.353 e. The first kappa shape index (κ1) is 12.5. The standard InChI is InChI=1S/C13H15FN2O2/c1-9-13(18)15-5-6-16(9)12(17)8-10-3-2-4-11(14)7-10/h2-4,7,9H,5-6,8H2,1H3,(H,15,18). The molecule has 1 heterocycles. The maximum atomic E-state index is 13.0. The molecule has 1 aliphatic heterocycles. The fourth-order valence-corrected chi connectivity index (χ4v) is 2.05. The SMILES string of the molecule is CC1C(=O)NCCN1C(=O)Cc1cccc(F)c1. The van der Waals surface area contributed by atoms with E-state index in [2.05, 4.69) is 5.32 Å². The van der Waals surface area contributed by atoms with Crippen LogP contribution < -0.4 is 5.32 Å². The minimum absolute atomic E-state index is 0.120. The van der Waals surface area contributed by atoms with E-state index in [1.165, 1.54) is 17.0 Å². The number of hydrogen-bond acceptors (Lipinski definition) is 2. The molecule has 5 heteroatoms. The van der Waals surface area contributed by atoms with Crippen LogP contribution in [0, 0.1) is 5.82 Å². The summed E-state index contributed by atoms with van der Waals surface area (Å²) in [5, 5.41) is 2.70. The van der Waals surface area contributed by atoms with Gasteiger partial charge in [0.2, 0.25) is 11.8 Å². The summed E-state index contributed by atoms with van der Waals surface area (Å²) in [7, 11) is 0. The van der Waals surface area contributed by atoms with Crippen LogP contribution in [0.15, 0.2) is 24.3 Å². The molecule has 0 aliphatic carbocycles. The summed E-state index contributed by atoms with van der Waals surface area (Å²) >= 11 is 0. The molecular weight excluding hydrogens is 235 g/mol. The number of rotatable bonds is 2. The van der Waals surface area contributed by atoms with Crippen molar-refractivity contribution in [1.29, 1.82) is 0 Å². The quantitative estimate of drug-likeness (QED) is 0.840. The van der Waals surface area contributed by atoms with E-state index >= 15 is 0 Å². The Labute approximate surface area is 105 Å². The molecule has 1 fully saturated rings. The number of amides is 2. The zero-order valence-electron chi connectivity index (χ0n) is 10.1. The molecule has 0 saturated carbocycles. The lowest BCUT2D eigenvalue weighted by Crippen LogP contribution is -2.56. The van der Waals surface area contributed by atoms with Crippen LogP contribution in [0.4, 0.5) is 4.39 Å². The van der Waals surface area contributed by atoms with E-state index in [0.717, 1.165) is 0 Å². The Morgan fingerprint density at radius 2 is 2.33 bits per heavy atom. The minimum atomic E-state index is -0.459. The Kier molecular flexibility index (Phi) is 3.60. The molecule has 1 saturated heterocycles. The molecule has 1 N–H and O–H groups in total. The topological polar surface area (TPSA) is 49.4 Å². The van der Waals surface area contributed by atoms with Gasteiger partial charge in [0.1, 0.15) is 11.9 Å². The van der Waals surface area contributed by atoms with Gasteiger partial charge in [-0.15, -0.1) is 0 Å². The molecular formula is C13H15FN2O2. The van der Waals surface area contributed by atoms with Gasteiger partial charge in [-0.2, -0.15) is 0 Å². The number of halogens is 1. The molecule has 18 heavy (non-hydrogen) atoms. The molecule has 1 unspecified atom stereocenters. The number of carbonyl (C=O) groups is 2. The highest BCUT2D eigenvalue weighted by molar-refractivity contribution is 5.89. The van der Waals surface area contributed by atoms with E-state index in [1.54, 1.807) is 19.1 Å². The van der Waals surface area contributed by atoms with Gasteiger partial charge in [-0.25, -0.2) is 4.39 Å². The third-order valence-electron chi connectivity index (χ3n) is 3.06. The van der Waals surface area contributed by atoms with E-state index in [0.29, 0.717) is 18.7 Å². The molecule has 0 aromatic heterocycles. The molecule has 0 spiro atoms. The molecule has 0 radical (unpaired) electrons. The second kappa shape index (κ2) is 5.16. The summed E-state index contributed by atoms with van der Waals surface area (Å²) in [6, 6.07) is 5.50. The monoisotopic (exact) mass is 250 g/mol. The fraction of sp³-hybridized carbons (Fsp3) is 0.385. The Hall–Kier alpha value is -1.91. The number of piperazine rings is 1. The van der Waals surface area contributed by atoms with Crippen molar-refractivity contribution in [1.82, 2.24) is 10.2 Å². The average Bonchev–Trinajstić information content (AvgIpc) is 2.32. The summed E-state index contributed by atoms with van der Waals surface area (Å²) in [5.41, 5.74) is 0.623. The van der Waals surface area contributed by atoms with Gasteiger partial charge in [0.15, 0.2) is 0 Å². The first-order valence-electron chi connectivity index (χ1n) is 5.89. The van der Waals surface area contributed by atoms with Gasteiger partial charge in [-0.05, 0) is 24.6 Å². The molecule has 4 nitrogen and oxygen atoms in total. The minimum Gasteiger partial charge on any atom is -0.353 e. The number of nitrogens with one attached hydrogen (secondary N) is 1. The Bertz CT molecular complexity index is 476. The van der Waals surface area contributed by atoms with Gasteiger partial charge in [0.05, 0.1) is 6.42 Å². The van der Waals surface area contributed by atoms with Gasteiger partial charge in [-0.3, -0.25) is 9.59 Å². The van der Waals surface area contributed by atoms with Crippen LogP contribution in [-0.4, -0.2) is 35.8 Å². The summed E-state index contributed by atoms with van der Waals surface area (Å²) in [4.78, 5) is 25.0. The van der Waals surface area contributed by atoms with E-state index < -0.39 is 6.04 Å². The van der Waals surface area contributed by atoms with E-state index in [9.17, 15) is 14.0 Å². The molecule has 1 aromatic rings. The van der Waals surface area contributed by atoms with Crippen LogP contribution >= 0.6 is 0 Å². The Morgan fingerprint density at radius 3 is 3.06 bits per heavy atom. The smallest absolute Gasteiger partial charge is 0.242 e. The van der Waals surface area contributed by atoms with E-state index in [-0.39, 0.29) is 24.1 Å². The summed E-state index contributed by atoms with van der Waals surface area (Å²) in [5.74, 6) is -0.651. The number of hydrogen-bond donors (Lipinski definition) is 1. The summed E-state index contributed by atoms with van der Waals surface area (Å²) < 4.78 is 13.0. The molecule has 1 aromatic carbocycles. The van der Waals surface area contributed by atoms with Crippen molar-refractivity contribution in [2.45, 2.75) is 19.4 Å². The van der Waals surface area contributed by atoms with Crippen LogP contribution in [0.3, 0.4) is 0 Å². The fourth-order valence-electron chi connectivity index (χ4n) is 2.05. The highest BCUT2D eigenvalue weighted by atomic mass is 19.1. The van der Waals surface area contributed by atoms with Crippen LogP contribution in [0.1, 0.15) is 12.5 Å². The van der Waals surface area contributed by atoms with Crippen molar-refractivity contribution < 1.29 is 14.0 Å². The van der Waals surface area contributed by atoms with Gasteiger partial charge in [0.25, 0.3) is 0 Å². The van der Waals surface area contributed by atoms with Crippen molar-refractivity contribution in [2.24, 2.45) is 0 Å². The van der Waals surface area contributed by atoms with Gasteiger partial charge in [0, 0.05) is 13.1 Å². The van der Waals surface area contributed by atoms with Crippen molar-refractivity contribution in [3.8, 4) is 0 Å². The average molecular weight is 250 g/mol. The van der Waals surface area contributed by atoms with Crippen molar-refractivity contribution in [3.05, 3.63) is 35.6 Å². The summed E-state index contributed by atoms with van der Waals surface area (Å²) in [6.45, 7) is 2.66. The second-order valence-electron chi connectivity index (χ2n) is 4.36.